The van der Waals surface area contributed by atoms with E-state index in [-0.39, 0.29) is 18.7 Å². The highest BCUT2D eigenvalue weighted by Gasteiger charge is 2.27. The second-order valence-corrected chi connectivity index (χ2v) is 6.88. The van der Waals surface area contributed by atoms with Gasteiger partial charge in [0.15, 0.2) is 16.5 Å². The van der Waals surface area contributed by atoms with Crippen LogP contribution in [0.3, 0.4) is 0 Å². The summed E-state index contributed by atoms with van der Waals surface area (Å²) in [5, 5.41) is 12.5. The van der Waals surface area contributed by atoms with E-state index in [1.165, 1.54) is 0 Å². The number of halogens is 1. The van der Waals surface area contributed by atoms with Crippen molar-refractivity contribution in [2.45, 2.75) is 25.5 Å². The van der Waals surface area contributed by atoms with Gasteiger partial charge >= 0.3 is 6.09 Å². The van der Waals surface area contributed by atoms with E-state index in [4.69, 9.17) is 22.1 Å². The van der Waals surface area contributed by atoms with Gasteiger partial charge in [0, 0.05) is 19.2 Å². The van der Waals surface area contributed by atoms with Crippen LogP contribution in [0.2, 0.25) is 5.15 Å². The van der Waals surface area contributed by atoms with Crippen LogP contribution < -0.4 is 5.73 Å². The minimum Gasteiger partial charge on any atom is -0.445 e. The molecule has 3 aromatic rings. The molecule has 1 aromatic carbocycles. The smallest absolute Gasteiger partial charge is 0.410 e. The predicted octanol–water partition coefficient (Wildman–Crippen LogP) is 3.04. The van der Waals surface area contributed by atoms with Crippen LogP contribution in [-0.4, -0.2) is 44.1 Å². The number of hydrogen-bond donors (Lipinski definition) is 1. The van der Waals surface area contributed by atoms with Crippen LogP contribution in [0.1, 0.15) is 24.4 Å². The molecule has 2 aromatic heterocycles. The molecule has 1 fully saturated rings. The quantitative estimate of drug-likeness (QED) is 0.742. The minimum atomic E-state index is -0.295. The van der Waals surface area contributed by atoms with Crippen molar-refractivity contribution in [1.29, 1.82) is 0 Å². The largest absolute Gasteiger partial charge is 0.445 e. The molecule has 0 saturated carbocycles. The third kappa shape index (κ3) is 3.66. The molecule has 1 saturated heterocycles. The summed E-state index contributed by atoms with van der Waals surface area (Å²) in [6.07, 6.45) is 1.20. The van der Waals surface area contributed by atoms with Crippen molar-refractivity contribution in [3.63, 3.8) is 0 Å². The van der Waals surface area contributed by atoms with E-state index in [0.717, 1.165) is 23.9 Å². The van der Waals surface area contributed by atoms with Crippen LogP contribution >= 0.6 is 11.6 Å². The molecule has 9 heteroatoms. The second kappa shape index (κ2) is 7.40. The third-order valence-corrected chi connectivity index (χ3v) is 4.91. The molecule has 1 aliphatic heterocycles. The molecular formula is C18H19ClN6O2. The first-order valence-corrected chi connectivity index (χ1v) is 9.12. The van der Waals surface area contributed by atoms with Crippen LogP contribution in [0.4, 0.5) is 10.6 Å². The number of carbonyl (C=O) groups excluding carboxylic acids is 1. The first-order chi connectivity index (χ1) is 13.1. The maximum absolute atomic E-state index is 12.3. The van der Waals surface area contributed by atoms with Gasteiger partial charge in [-0.15, -0.1) is 10.2 Å². The molecule has 8 nitrogen and oxygen atoms in total. The molecule has 140 valence electrons. The zero-order valence-corrected chi connectivity index (χ0v) is 15.3. The molecule has 1 amide bonds. The highest BCUT2D eigenvalue weighted by Crippen LogP contribution is 2.29. The summed E-state index contributed by atoms with van der Waals surface area (Å²) in [4.78, 5) is 14.0. The summed E-state index contributed by atoms with van der Waals surface area (Å²) >= 11 is 5.96. The van der Waals surface area contributed by atoms with Crippen LogP contribution in [0.5, 0.6) is 0 Å². The number of likely N-dealkylation sites (tertiary alicyclic amines) is 1. The lowest BCUT2D eigenvalue weighted by molar-refractivity contribution is 0.0825. The van der Waals surface area contributed by atoms with Gasteiger partial charge in [-0.1, -0.05) is 41.9 Å². The highest BCUT2D eigenvalue weighted by molar-refractivity contribution is 6.29. The molecule has 0 atom stereocenters. The van der Waals surface area contributed by atoms with E-state index in [1.54, 1.807) is 11.0 Å². The molecule has 0 radical (unpaired) electrons. The van der Waals surface area contributed by atoms with Gasteiger partial charge in [0.05, 0.1) is 11.6 Å². The summed E-state index contributed by atoms with van der Waals surface area (Å²) in [7, 11) is 0. The monoisotopic (exact) mass is 386 g/mol. The predicted molar refractivity (Wildman–Crippen MR) is 101 cm³/mol. The van der Waals surface area contributed by atoms with Crippen molar-refractivity contribution < 1.29 is 9.53 Å². The van der Waals surface area contributed by atoms with Gasteiger partial charge in [-0.25, -0.2) is 4.79 Å². The Hall–Kier alpha value is -2.87. The Morgan fingerprint density at radius 1 is 1.22 bits per heavy atom. The number of carbonyl (C=O) groups is 1. The maximum atomic E-state index is 12.3. The summed E-state index contributed by atoms with van der Waals surface area (Å²) in [6.45, 7) is 1.45. The Bertz CT molecular complexity index is 953. The van der Waals surface area contributed by atoms with E-state index in [2.05, 4.69) is 15.3 Å². The van der Waals surface area contributed by atoms with Crippen LogP contribution in [0.25, 0.3) is 11.0 Å². The zero-order valence-electron chi connectivity index (χ0n) is 14.6. The number of rotatable bonds is 3. The number of piperidine rings is 1. The van der Waals surface area contributed by atoms with Crippen LogP contribution in [-0.2, 0) is 11.3 Å². The number of amides is 1. The molecule has 4 rings (SSSR count). The van der Waals surface area contributed by atoms with Gasteiger partial charge in [-0.3, -0.25) is 4.68 Å². The van der Waals surface area contributed by atoms with Crippen molar-refractivity contribution in [3.8, 4) is 0 Å². The van der Waals surface area contributed by atoms with Crippen LogP contribution in [0, 0.1) is 0 Å². The van der Waals surface area contributed by atoms with E-state index in [1.807, 2.05) is 35.0 Å². The van der Waals surface area contributed by atoms with Gasteiger partial charge in [-0.2, -0.15) is 5.10 Å². The number of aromatic nitrogens is 4. The lowest BCUT2D eigenvalue weighted by atomic mass is 10.1. The SMILES string of the molecule is Nc1nn(C2CCN(C(=O)OCc3ccccc3)CC2)c2cc(Cl)nnc12. The van der Waals surface area contributed by atoms with Gasteiger partial charge in [0.2, 0.25) is 0 Å². The number of nitrogen functional groups attached to an aromatic ring is 1. The molecule has 27 heavy (non-hydrogen) atoms. The van der Waals surface area contributed by atoms with Crippen molar-refractivity contribution in [2.24, 2.45) is 0 Å². The average Bonchev–Trinajstić information content (AvgIpc) is 3.03. The number of benzene rings is 1. The highest BCUT2D eigenvalue weighted by atomic mass is 35.5. The van der Waals surface area contributed by atoms with E-state index >= 15 is 0 Å². The summed E-state index contributed by atoms with van der Waals surface area (Å²) in [6, 6.07) is 11.5. The molecule has 1 aliphatic rings. The normalized spacial score (nSPS) is 15.2. The molecule has 2 N–H and O–H groups in total. The van der Waals surface area contributed by atoms with Gasteiger partial charge < -0.3 is 15.4 Å². The van der Waals surface area contributed by atoms with Gasteiger partial charge in [0.1, 0.15) is 6.61 Å². The lowest BCUT2D eigenvalue weighted by Gasteiger charge is -2.31. The van der Waals surface area contributed by atoms with Crippen molar-refractivity contribution >= 4 is 34.5 Å². The minimum absolute atomic E-state index is 0.114. The second-order valence-electron chi connectivity index (χ2n) is 6.49. The van der Waals surface area contributed by atoms with Gasteiger partial charge in [-0.05, 0) is 18.4 Å². The maximum Gasteiger partial charge on any atom is 0.410 e. The fourth-order valence-electron chi connectivity index (χ4n) is 3.32. The fraction of sp³-hybridized carbons (Fsp3) is 0.333. The molecule has 0 unspecified atom stereocenters. The summed E-state index contributed by atoms with van der Waals surface area (Å²) in [5.41, 5.74) is 8.22. The van der Waals surface area contributed by atoms with Crippen LogP contribution in [0.15, 0.2) is 36.4 Å². The Morgan fingerprint density at radius 2 is 1.96 bits per heavy atom. The summed E-state index contributed by atoms with van der Waals surface area (Å²) < 4.78 is 7.25. The van der Waals surface area contributed by atoms with E-state index in [0.29, 0.717) is 29.6 Å². The standard InChI is InChI=1S/C18H19ClN6O2/c19-15-10-14-16(22-21-15)17(20)23-25(14)13-6-8-24(9-7-13)18(26)27-11-12-4-2-1-3-5-12/h1-5,10,13H,6-9,11H2,(H2,20,23). The van der Waals surface area contributed by atoms with Crippen molar-refractivity contribution in [1.82, 2.24) is 24.9 Å². The third-order valence-electron chi connectivity index (χ3n) is 4.72. The first kappa shape index (κ1) is 17.5. The Kier molecular flexibility index (Phi) is 4.81. The molecular weight excluding hydrogens is 368 g/mol. The average molecular weight is 387 g/mol. The number of nitrogens with two attached hydrogens (primary N) is 1. The number of fused-ring (bicyclic) bond motifs is 1. The number of ether oxygens (including phenoxy) is 1. The Balaban J connectivity index is 1.39. The molecule has 0 bridgehead atoms. The number of hydrogen-bond acceptors (Lipinski definition) is 6. The number of nitrogens with zero attached hydrogens (tertiary/aromatic N) is 5. The number of anilines is 1. The fourth-order valence-corrected chi connectivity index (χ4v) is 3.46. The van der Waals surface area contributed by atoms with Crippen molar-refractivity contribution in [2.75, 3.05) is 18.8 Å². The Labute approximate surface area is 160 Å². The first-order valence-electron chi connectivity index (χ1n) is 8.74. The zero-order chi connectivity index (χ0) is 18.8. The van der Waals surface area contributed by atoms with E-state index < -0.39 is 0 Å². The molecule has 0 spiro atoms. The Morgan fingerprint density at radius 3 is 2.70 bits per heavy atom. The molecule has 0 aliphatic carbocycles. The lowest BCUT2D eigenvalue weighted by Crippen LogP contribution is -2.39. The molecule has 3 heterocycles. The van der Waals surface area contributed by atoms with Crippen molar-refractivity contribution in [3.05, 3.63) is 47.1 Å². The summed E-state index contributed by atoms with van der Waals surface area (Å²) in [5.74, 6) is 0.332. The topological polar surface area (TPSA) is 99.2 Å². The van der Waals surface area contributed by atoms with E-state index in [9.17, 15) is 4.79 Å². The van der Waals surface area contributed by atoms with Gasteiger partial charge in [0.25, 0.3) is 0 Å².